The molecule has 0 radical (unpaired) electrons. The predicted molar refractivity (Wildman–Crippen MR) is 105 cm³/mol. The first kappa shape index (κ1) is 19.1. The van der Waals surface area contributed by atoms with E-state index >= 15 is 0 Å². The first-order chi connectivity index (χ1) is 13.0. The van der Waals surface area contributed by atoms with Crippen LogP contribution >= 0.6 is 11.8 Å². The first-order valence-corrected chi connectivity index (χ1v) is 9.73. The second kappa shape index (κ2) is 8.35. The summed E-state index contributed by atoms with van der Waals surface area (Å²) < 4.78 is 6.63. The number of hydrogen-bond acceptors (Lipinski definition) is 6. The third-order valence-corrected chi connectivity index (χ3v) is 5.20. The maximum Gasteiger partial charge on any atom is 0.341 e. The molecular formula is C20H22N4O2S. The third-order valence-electron chi connectivity index (χ3n) is 4.23. The van der Waals surface area contributed by atoms with Gasteiger partial charge >= 0.3 is 5.97 Å². The standard InChI is InChI=1S/C20H22N4O2S/c1-5-26-20(25)17-11-21-24(15(17)4)18-8-9-19(23-22-18)27-12-16-10-13(2)6-7-14(16)3/h6-11H,5,12H2,1-4H3. The van der Waals surface area contributed by atoms with E-state index in [1.807, 2.05) is 19.1 Å². The number of nitrogens with zero attached hydrogens (tertiary/aromatic N) is 4. The lowest BCUT2D eigenvalue weighted by Crippen LogP contribution is -2.08. The Kier molecular flexibility index (Phi) is 5.91. The Bertz CT molecular complexity index is 951. The largest absolute Gasteiger partial charge is 0.462 e. The molecule has 0 aliphatic rings. The molecule has 7 heteroatoms. The molecule has 0 atom stereocenters. The van der Waals surface area contributed by atoms with Crippen molar-refractivity contribution >= 4 is 17.7 Å². The second-order valence-corrected chi connectivity index (χ2v) is 7.22. The number of ether oxygens (including phenoxy) is 1. The highest BCUT2D eigenvalue weighted by atomic mass is 32.2. The molecular weight excluding hydrogens is 360 g/mol. The molecule has 0 fully saturated rings. The van der Waals surface area contributed by atoms with Crippen LogP contribution in [0, 0.1) is 20.8 Å². The predicted octanol–water partition coefficient (Wildman–Crippen LogP) is 4.06. The summed E-state index contributed by atoms with van der Waals surface area (Å²) >= 11 is 1.64. The van der Waals surface area contributed by atoms with E-state index in [9.17, 15) is 4.79 Å². The molecule has 3 rings (SSSR count). The third kappa shape index (κ3) is 4.36. The highest BCUT2D eigenvalue weighted by Crippen LogP contribution is 2.23. The molecule has 3 aromatic rings. The van der Waals surface area contributed by atoms with Gasteiger partial charge in [-0.2, -0.15) is 5.10 Å². The Morgan fingerprint density at radius 1 is 1.15 bits per heavy atom. The quantitative estimate of drug-likeness (QED) is 0.473. The van der Waals surface area contributed by atoms with Crippen LogP contribution in [0.25, 0.3) is 5.82 Å². The fraction of sp³-hybridized carbons (Fsp3) is 0.300. The summed E-state index contributed by atoms with van der Waals surface area (Å²) in [5, 5.41) is 13.6. The van der Waals surface area contributed by atoms with Gasteiger partial charge in [-0.3, -0.25) is 0 Å². The van der Waals surface area contributed by atoms with Gasteiger partial charge in [-0.05, 0) is 51.0 Å². The molecule has 0 amide bonds. The summed E-state index contributed by atoms with van der Waals surface area (Å²) in [6.07, 6.45) is 1.50. The summed E-state index contributed by atoms with van der Waals surface area (Å²) in [6, 6.07) is 10.2. The molecule has 140 valence electrons. The van der Waals surface area contributed by atoms with Crippen LogP contribution in [-0.2, 0) is 10.5 Å². The molecule has 2 aromatic heterocycles. The minimum absolute atomic E-state index is 0.329. The van der Waals surface area contributed by atoms with E-state index in [1.54, 1.807) is 23.4 Å². The van der Waals surface area contributed by atoms with Gasteiger partial charge in [0.05, 0.1) is 18.5 Å². The van der Waals surface area contributed by atoms with Gasteiger partial charge in [0.1, 0.15) is 10.6 Å². The SMILES string of the molecule is CCOC(=O)c1cnn(-c2ccc(SCc3cc(C)ccc3C)nn2)c1C. The molecule has 27 heavy (non-hydrogen) atoms. The Labute approximate surface area is 163 Å². The van der Waals surface area contributed by atoms with Gasteiger partial charge in [0.2, 0.25) is 0 Å². The number of esters is 1. The van der Waals surface area contributed by atoms with Crippen molar-refractivity contribution in [2.75, 3.05) is 6.61 Å². The van der Waals surface area contributed by atoms with E-state index in [0.29, 0.717) is 23.7 Å². The van der Waals surface area contributed by atoms with Crippen LogP contribution < -0.4 is 0 Å². The van der Waals surface area contributed by atoms with Crippen LogP contribution in [0.5, 0.6) is 0 Å². The van der Waals surface area contributed by atoms with Crippen molar-refractivity contribution in [2.24, 2.45) is 0 Å². The van der Waals surface area contributed by atoms with Gasteiger partial charge in [0, 0.05) is 5.75 Å². The number of rotatable bonds is 6. The van der Waals surface area contributed by atoms with Crippen LogP contribution in [0.15, 0.2) is 41.6 Å². The van der Waals surface area contributed by atoms with Crippen LogP contribution in [-0.4, -0.2) is 32.6 Å². The van der Waals surface area contributed by atoms with Gasteiger partial charge in [-0.15, -0.1) is 10.2 Å². The number of carbonyl (C=O) groups excluding carboxylic acids is 1. The Balaban J connectivity index is 1.72. The molecule has 0 bridgehead atoms. The lowest BCUT2D eigenvalue weighted by Gasteiger charge is -2.07. The Hall–Kier alpha value is -2.67. The van der Waals surface area contributed by atoms with Crippen molar-refractivity contribution in [1.82, 2.24) is 20.0 Å². The minimum Gasteiger partial charge on any atom is -0.462 e. The molecule has 0 saturated heterocycles. The topological polar surface area (TPSA) is 69.9 Å². The van der Waals surface area contributed by atoms with Crippen molar-refractivity contribution in [3.8, 4) is 5.82 Å². The van der Waals surface area contributed by atoms with Gasteiger partial charge in [-0.25, -0.2) is 9.48 Å². The van der Waals surface area contributed by atoms with E-state index in [-0.39, 0.29) is 5.97 Å². The zero-order valence-electron chi connectivity index (χ0n) is 15.9. The van der Waals surface area contributed by atoms with Gasteiger partial charge < -0.3 is 4.74 Å². The van der Waals surface area contributed by atoms with E-state index in [1.165, 1.54) is 22.9 Å². The van der Waals surface area contributed by atoms with E-state index in [4.69, 9.17) is 4.74 Å². The summed E-state index contributed by atoms with van der Waals surface area (Å²) in [4.78, 5) is 11.9. The number of aryl methyl sites for hydroxylation is 2. The number of carbonyl (C=O) groups is 1. The summed E-state index contributed by atoms with van der Waals surface area (Å²) in [6.45, 7) is 8.13. The van der Waals surface area contributed by atoms with Gasteiger partial charge in [0.15, 0.2) is 5.82 Å². The summed E-state index contributed by atoms with van der Waals surface area (Å²) in [7, 11) is 0. The van der Waals surface area contributed by atoms with Crippen molar-refractivity contribution in [2.45, 2.75) is 38.5 Å². The molecule has 0 saturated carbocycles. The van der Waals surface area contributed by atoms with Crippen LogP contribution in [0.2, 0.25) is 0 Å². The number of thioether (sulfide) groups is 1. The monoisotopic (exact) mass is 382 g/mol. The van der Waals surface area contributed by atoms with Gasteiger partial charge in [0.25, 0.3) is 0 Å². The van der Waals surface area contributed by atoms with Crippen molar-refractivity contribution in [3.05, 3.63) is 64.5 Å². The smallest absolute Gasteiger partial charge is 0.341 e. The van der Waals surface area contributed by atoms with Crippen molar-refractivity contribution < 1.29 is 9.53 Å². The summed E-state index contributed by atoms with van der Waals surface area (Å²) in [5.41, 5.74) is 4.94. The van der Waals surface area contributed by atoms with Gasteiger partial charge in [-0.1, -0.05) is 35.5 Å². The molecule has 6 nitrogen and oxygen atoms in total. The lowest BCUT2D eigenvalue weighted by atomic mass is 10.1. The summed E-state index contributed by atoms with van der Waals surface area (Å²) in [5.74, 6) is 1.03. The molecule has 0 unspecified atom stereocenters. The maximum absolute atomic E-state index is 11.9. The average Bonchev–Trinajstić information content (AvgIpc) is 3.04. The maximum atomic E-state index is 11.9. The highest BCUT2D eigenvalue weighted by Gasteiger charge is 2.16. The Morgan fingerprint density at radius 2 is 1.96 bits per heavy atom. The zero-order chi connectivity index (χ0) is 19.4. The number of benzene rings is 1. The number of hydrogen-bond donors (Lipinski definition) is 0. The minimum atomic E-state index is -0.380. The zero-order valence-corrected chi connectivity index (χ0v) is 16.7. The van der Waals surface area contributed by atoms with Crippen molar-refractivity contribution in [1.29, 1.82) is 0 Å². The van der Waals surface area contributed by atoms with Crippen LogP contribution in [0.3, 0.4) is 0 Å². The fourth-order valence-electron chi connectivity index (χ4n) is 2.66. The van der Waals surface area contributed by atoms with Crippen molar-refractivity contribution in [3.63, 3.8) is 0 Å². The lowest BCUT2D eigenvalue weighted by molar-refractivity contribution is 0.0525. The molecule has 0 aliphatic heterocycles. The molecule has 0 N–H and O–H groups in total. The first-order valence-electron chi connectivity index (χ1n) is 8.74. The second-order valence-electron chi connectivity index (χ2n) is 6.22. The highest BCUT2D eigenvalue weighted by molar-refractivity contribution is 7.98. The number of aromatic nitrogens is 4. The Morgan fingerprint density at radius 3 is 2.67 bits per heavy atom. The molecule has 2 heterocycles. The van der Waals surface area contributed by atoms with Crippen LogP contribution in [0.4, 0.5) is 0 Å². The van der Waals surface area contributed by atoms with E-state index < -0.39 is 0 Å². The fourth-order valence-corrected chi connectivity index (χ4v) is 3.54. The normalized spacial score (nSPS) is 10.8. The van der Waals surface area contributed by atoms with Crippen LogP contribution in [0.1, 0.15) is 39.7 Å². The van der Waals surface area contributed by atoms with E-state index in [0.717, 1.165) is 10.8 Å². The molecule has 0 aliphatic carbocycles. The molecule has 1 aromatic carbocycles. The van der Waals surface area contributed by atoms with E-state index in [2.05, 4.69) is 47.3 Å². The molecule has 0 spiro atoms. The average molecular weight is 382 g/mol.